The second-order valence-electron chi connectivity index (χ2n) is 4.08. The first-order chi connectivity index (χ1) is 7.24. The lowest BCUT2D eigenvalue weighted by Gasteiger charge is -2.31. The van der Waals surface area contributed by atoms with E-state index in [1.54, 1.807) is 0 Å². The monoisotopic (exact) mass is 269 g/mol. The van der Waals surface area contributed by atoms with E-state index >= 15 is 0 Å². The zero-order valence-corrected chi connectivity index (χ0v) is 10.5. The van der Waals surface area contributed by atoms with Gasteiger partial charge in [0, 0.05) is 38.4 Å². The molecule has 1 aromatic rings. The topological polar surface area (TPSA) is 28.2 Å². The van der Waals surface area contributed by atoms with Gasteiger partial charge in [-0.3, -0.25) is 4.90 Å². The van der Waals surface area contributed by atoms with Crippen LogP contribution in [0.15, 0.2) is 22.9 Å². The van der Waals surface area contributed by atoms with Crippen molar-refractivity contribution >= 4 is 15.9 Å². The highest BCUT2D eigenvalue weighted by atomic mass is 79.9. The molecule has 1 saturated heterocycles. The highest BCUT2D eigenvalue weighted by Crippen LogP contribution is 2.11. The standard InChI is InChI=1S/C11H16BrN3/c1-9-7-15(5-4-13-9)8-10-2-3-14-11(12)6-10/h2-3,6,9,13H,4-5,7-8H2,1H3. The third-order valence-electron chi connectivity index (χ3n) is 2.65. The van der Waals surface area contributed by atoms with Crippen molar-refractivity contribution in [3.63, 3.8) is 0 Å². The zero-order valence-electron chi connectivity index (χ0n) is 8.91. The summed E-state index contributed by atoms with van der Waals surface area (Å²) in [7, 11) is 0. The van der Waals surface area contributed by atoms with Gasteiger partial charge in [0.15, 0.2) is 0 Å². The van der Waals surface area contributed by atoms with Gasteiger partial charge < -0.3 is 5.32 Å². The van der Waals surface area contributed by atoms with Crippen LogP contribution in [-0.4, -0.2) is 35.6 Å². The first kappa shape index (κ1) is 11.0. The average Bonchev–Trinajstić information content (AvgIpc) is 2.17. The predicted octanol–water partition coefficient (Wildman–Crippen LogP) is 1.64. The Labute approximate surface area is 99.0 Å². The maximum atomic E-state index is 4.13. The largest absolute Gasteiger partial charge is 0.312 e. The van der Waals surface area contributed by atoms with Crippen LogP contribution >= 0.6 is 15.9 Å². The van der Waals surface area contributed by atoms with Crippen LogP contribution in [0.1, 0.15) is 12.5 Å². The molecule has 4 heteroatoms. The van der Waals surface area contributed by atoms with Crippen LogP contribution in [0.5, 0.6) is 0 Å². The van der Waals surface area contributed by atoms with Crippen molar-refractivity contribution in [1.29, 1.82) is 0 Å². The van der Waals surface area contributed by atoms with Gasteiger partial charge in [0.1, 0.15) is 4.60 Å². The summed E-state index contributed by atoms with van der Waals surface area (Å²) in [4.78, 5) is 6.61. The van der Waals surface area contributed by atoms with Crippen LogP contribution in [0.2, 0.25) is 0 Å². The Balaban J connectivity index is 1.96. The fraction of sp³-hybridized carbons (Fsp3) is 0.545. The first-order valence-corrected chi connectivity index (χ1v) is 6.09. The third-order valence-corrected chi connectivity index (χ3v) is 3.08. The Bertz CT molecular complexity index is 329. The second-order valence-corrected chi connectivity index (χ2v) is 4.89. The first-order valence-electron chi connectivity index (χ1n) is 5.30. The molecule has 0 radical (unpaired) electrons. The van der Waals surface area contributed by atoms with Gasteiger partial charge in [-0.25, -0.2) is 4.98 Å². The second kappa shape index (κ2) is 5.05. The number of piperazine rings is 1. The van der Waals surface area contributed by atoms with E-state index in [4.69, 9.17) is 0 Å². The van der Waals surface area contributed by atoms with Crippen LogP contribution in [-0.2, 0) is 6.54 Å². The minimum atomic E-state index is 0.601. The molecule has 1 N–H and O–H groups in total. The lowest BCUT2D eigenvalue weighted by Crippen LogP contribution is -2.48. The van der Waals surface area contributed by atoms with E-state index in [0.717, 1.165) is 30.8 Å². The van der Waals surface area contributed by atoms with E-state index in [2.05, 4.69) is 50.2 Å². The molecule has 1 fully saturated rings. The molecular weight excluding hydrogens is 254 g/mol. The van der Waals surface area contributed by atoms with Crippen molar-refractivity contribution in [2.75, 3.05) is 19.6 Å². The molecule has 1 atom stereocenters. The average molecular weight is 270 g/mol. The molecule has 2 rings (SSSR count). The van der Waals surface area contributed by atoms with Gasteiger partial charge >= 0.3 is 0 Å². The predicted molar refractivity (Wildman–Crippen MR) is 64.7 cm³/mol. The van der Waals surface area contributed by atoms with Gasteiger partial charge in [-0.2, -0.15) is 0 Å². The van der Waals surface area contributed by atoms with Gasteiger partial charge in [0.25, 0.3) is 0 Å². The number of hydrogen-bond acceptors (Lipinski definition) is 3. The van der Waals surface area contributed by atoms with Gasteiger partial charge in [0.05, 0.1) is 0 Å². The normalized spacial score (nSPS) is 22.9. The molecule has 1 aliphatic rings. The third kappa shape index (κ3) is 3.26. The quantitative estimate of drug-likeness (QED) is 0.828. The summed E-state index contributed by atoms with van der Waals surface area (Å²) in [5.41, 5.74) is 1.32. The summed E-state index contributed by atoms with van der Waals surface area (Å²) >= 11 is 3.40. The molecule has 0 saturated carbocycles. The van der Waals surface area contributed by atoms with Gasteiger partial charge in [-0.05, 0) is 40.5 Å². The lowest BCUT2D eigenvalue weighted by atomic mass is 10.2. The summed E-state index contributed by atoms with van der Waals surface area (Å²) < 4.78 is 0.920. The maximum Gasteiger partial charge on any atom is 0.106 e. The van der Waals surface area contributed by atoms with Crippen molar-refractivity contribution in [2.45, 2.75) is 19.5 Å². The van der Waals surface area contributed by atoms with Gasteiger partial charge in [-0.15, -0.1) is 0 Å². The number of rotatable bonds is 2. The number of pyridine rings is 1. The van der Waals surface area contributed by atoms with Crippen LogP contribution in [0.3, 0.4) is 0 Å². The summed E-state index contributed by atoms with van der Waals surface area (Å²) in [6.07, 6.45) is 1.85. The molecular formula is C11H16BrN3. The molecule has 1 aromatic heterocycles. The van der Waals surface area contributed by atoms with E-state index in [9.17, 15) is 0 Å². The Morgan fingerprint density at radius 1 is 1.67 bits per heavy atom. The number of nitrogens with one attached hydrogen (secondary N) is 1. The van der Waals surface area contributed by atoms with Crippen LogP contribution in [0.25, 0.3) is 0 Å². The van der Waals surface area contributed by atoms with E-state index in [0.29, 0.717) is 6.04 Å². The van der Waals surface area contributed by atoms with Crippen molar-refractivity contribution in [1.82, 2.24) is 15.2 Å². The Morgan fingerprint density at radius 2 is 2.53 bits per heavy atom. The smallest absolute Gasteiger partial charge is 0.106 e. The molecule has 15 heavy (non-hydrogen) atoms. The molecule has 82 valence electrons. The fourth-order valence-corrected chi connectivity index (χ4v) is 2.37. The fourth-order valence-electron chi connectivity index (χ4n) is 1.95. The van der Waals surface area contributed by atoms with Crippen molar-refractivity contribution in [2.24, 2.45) is 0 Å². The summed E-state index contributed by atoms with van der Waals surface area (Å²) in [6, 6.07) is 4.77. The summed E-state index contributed by atoms with van der Waals surface area (Å²) in [6.45, 7) is 6.60. The number of nitrogens with zero attached hydrogens (tertiary/aromatic N) is 2. The van der Waals surface area contributed by atoms with E-state index in [1.807, 2.05) is 6.20 Å². The minimum Gasteiger partial charge on any atom is -0.312 e. The molecule has 1 aliphatic heterocycles. The van der Waals surface area contributed by atoms with E-state index in [1.165, 1.54) is 5.56 Å². The molecule has 0 amide bonds. The van der Waals surface area contributed by atoms with Crippen molar-refractivity contribution in [3.8, 4) is 0 Å². The molecule has 0 aromatic carbocycles. The minimum absolute atomic E-state index is 0.601. The highest BCUT2D eigenvalue weighted by molar-refractivity contribution is 9.10. The molecule has 1 unspecified atom stereocenters. The molecule has 0 aliphatic carbocycles. The highest BCUT2D eigenvalue weighted by Gasteiger charge is 2.15. The number of hydrogen-bond donors (Lipinski definition) is 1. The Kier molecular flexibility index (Phi) is 3.72. The Morgan fingerprint density at radius 3 is 3.27 bits per heavy atom. The SMILES string of the molecule is CC1CN(Cc2ccnc(Br)c2)CCN1. The molecule has 3 nitrogen and oxygen atoms in total. The van der Waals surface area contributed by atoms with Crippen LogP contribution in [0.4, 0.5) is 0 Å². The van der Waals surface area contributed by atoms with Crippen LogP contribution < -0.4 is 5.32 Å². The molecule has 0 spiro atoms. The van der Waals surface area contributed by atoms with Gasteiger partial charge in [0.2, 0.25) is 0 Å². The summed E-state index contributed by atoms with van der Waals surface area (Å²) in [5.74, 6) is 0. The van der Waals surface area contributed by atoms with Gasteiger partial charge in [-0.1, -0.05) is 0 Å². The Hall–Kier alpha value is -0.450. The zero-order chi connectivity index (χ0) is 10.7. The summed E-state index contributed by atoms with van der Waals surface area (Å²) in [5, 5.41) is 3.45. The number of aromatic nitrogens is 1. The number of halogens is 1. The lowest BCUT2D eigenvalue weighted by molar-refractivity contribution is 0.199. The molecule has 0 bridgehead atoms. The van der Waals surface area contributed by atoms with E-state index < -0.39 is 0 Å². The molecule has 2 heterocycles. The van der Waals surface area contributed by atoms with Crippen LogP contribution in [0, 0.1) is 0 Å². The van der Waals surface area contributed by atoms with Crippen molar-refractivity contribution < 1.29 is 0 Å². The maximum absolute atomic E-state index is 4.13. The van der Waals surface area contributed by atoms with E-state index in [-0.39, 0.29) is 0 Å². The van der Waals surface area contributed by atoms with Crippen molar-refractivity contribution in [3.05, 3.63) is 28.5 Å².